The zero-order valence-corrected chi connectivity index (χ0v) is 8.80. The van der Waals surface area contributed by atoms with E-state index in [0.717, 1.165) is 0 Å². The van der Waals surface area contributed by atoms with Gasteiger partial charge in [0.05, 0.1) is 12.6 Å². The van der Waals surface area contributed by atoms with Crippen molar-refractivity contribution in [1.29, 1.82) is 0 Å². The standard InChI is InChI=1S/C9H17F3N2O/c1-8(15)6-13-2-4-14(5-3-13)7-9(10,11)12/h8,15H,2-7H2,1H3/t8-/m0/s1. The molecular formula is C9H17F3N2O. The molecule has 1 rings (SSSR count). The minimum Gasteiger partial charge on any atom is -0.392 e. The van der Waals surface area contributed by atoms with Crippen molar-refractivity contribution in [2.24, 2.45) is 0 Å². The number of nitrogens with zero attached hydrogens (tertiary/aromatic N) is 2. The third-order valence-corrected chi connectivity index (χ3v) is 2.39. The number of rotatable bonds is 3. The predicted molar refractivity (Wildman–Crippen MR) is 50.6 cm³/mol. The van der Waals surface area contributed by atoms with Gasteiger partial charge in [-0.05, 0) is 6.92 Å². The van der Waals surface area contributed by atoms with Crippen LogP contribution in [0.25, 0.3) is 0 Å². The maximum Gasteiger partial charge on any atom is 0.401 e. The number of hydrogen-bond acceptors (Lipinski definition) is 3. The van der Waals surface area contributed by atoms with E-state index < -0.39 is 18.8 Å². The summed E-state index contributed by atoms with van der Waals surface area (Å²) in [6.07, 6.45) is -4.52. The Morgan fingerprint density at radius 1 is 1.13 bits per heavy atom. The van der Waals surface area contributed by atoms with Crippen molar-refractivity contribution in [3.8, 4) is 0 Å². The topological polar surface area (TPSA) is 26.7 Å². The molecule has 0 aromatic carbocycles. The highest BCUT2D eigenvalue weighted by molar-refractivity contribution is 4.74. The molecule has 1 aliphatic heterocycles. The van der Waals surface area contributed by atoms with Gasteiger partial charge in [0.25, 0.3) is 0 Å². The summed E-state index contributed by atoms with van der Waals surface area (Å²) < 4.78 is 36.2. The Hall–Kier alpha value is -0.330. The van der Waals surface area contributed by atoms with E-state index in [4.69, 9.17) is 5.11 Å². The summed E-state index contributed by atoms with van der Waals surface area (Å²) >= 11 is 0. The molecule has 1 aliphatic rings. The molecule has 0 aromatic heterocycles. The van der Waals surface area contributed by atoms with E-state index in [9.17, 15) is 13.2 Å². The Labute approximate surface area is 87.5 Å². The van der Waals surface area contributed by atoms with Crippen molar-refractivity contribution < 1.29 is 18.3 Å². The van der Waals surface area contributed by atoms with Crippen molar-refractivity contribution in [1.82, 2.24) is 9.80 Å². The SMILES string of the molecule is C[C@H](O)CN1CCN(CC(F)(F)F)CC1. The first-order chi connectivity index (χ1) is 6.87. The Balaban J connectivity index is 2.24. The maximum absolute atomic E-state index is 12.1. The average Bonchev–Trinajstić information content (AvgIpc) is 2.05. The van der Waals surface area contributed by atoms with E-state index in [2.05, 4.69) is 0 Å². The average molecular weight is 226 g/mol. The Morgan fingerprint density at radius 2 is 1.60 bits per heavy atom. The second kappa shape index (κ2) is 5.14. The summed E-state index contributed by atoms with van der Waals surface area (Å²) in [6, 6.07) is 0. The summed E-state index contributed by atoms with van der Waals surface area (Å²) in [7, 11) is 0. The Morgan fingerprint density at radius 3 is 2.00 bits per heavy atom. The highest BCUT2D eigenvalue weighted by atomic mass is 19.4. The number of halogens is 3. The summed E-state index contributed by atoms with van der Waals surface area (Å²) in [5.74, 6) is 0. The molecule has 0 aliphatic carbocycles. The summed E-state index contributed by atoms with van der Waals surface area (Å²) in [5, 5.41) is 9.12. The first-order valence-corrected chi connectivity index (χ1v) is 5.06. The van der Waals surface area contributed by atoms with Gasteiger partial charge in [-0.15, -0.1) is 0 Å². The highest BCUT2D eigenvalue weighted by Gasteiger charge is 2.32. The van der Waals surface area contributed by atoms with Gasteiger partial charge in [0.15, 0.2) is 0 Å². The number of hydrogen-bond donors (Lipinski definition) is 1. The second-order valence-corrected chi connectivity index (χ2v) is 4.04. The van der Waals surface area contributed by atoms with Gasteiger partial charge in [-0.3, -0.25) is 9.80 Å². The van der Waals surface area contributed by atoms with Gasteiger partial charge in [-0.1, -0.05) is 0 Å². The molecule has 90 valence electrons. The van der Waals surface area contributed by atoms with E-state index in [1.807, 2.05) is 4.90 Å². The Kier molecular flexibility index (Phi) is 4.36. The van der Waals surface area contributed by atoms with Gasteiger partial charge in [-0.2, -0.15) is 13.2 Å². The number of aliphatic hydroxyl groups excluding tert-OH is 1. The van der Waals surface area contributed by atoms with Crippen LogP contribution in [0.3, 0.4) is 0 Å². The summed E-state index contributed by atoms with van der Waals surface area (Å²) in [4.78, 5) is 3.39. The van der Waals surface area contributed by atoms with Crippen LogP contribution in [0.15, 0.2) is 0 Å². The van der Waals surface area contributed by atoms with Gasteiger partial charge in [-0.25, -0.2) is 0 Å². The van der Waals surface area contributed by atoms with Crippen LogP contribution in [0.1, 0.15) is 6.92 Å². The lowest BCUT2D eigenvalue weighted by atomic mass is 10.3. The van der Waals surface area contributed by atoms with Crippen LogP contribution in [0.2, 0.25) is 0 Å². The quantitative estimate of drug-likeness (QED) is 0.761. The van der Waals surface area contributed by atoms with Gasteiger partial charge in [0.1, 0.15) is 0 Å². The van der Waals surface area contributed by atoms with E-state index in [1.54, 1.807) is 6.92 Å². The van der Waals surface area contributed by atoms with E-state index in [1.165, 1.54) is 4.90 Å². The molecule has 15 heavy (non-hydrogen) atoms. The van der Waals surface area contributed by atoms with Gasteiger partial charge in [0, 0.05) is 32.7 Å². The molecule has 0 unspecified atom stereocenters. The second-order valence-electron chi connectivity index (χ2n) is 4.04. The fourth-order valence-corrected chi connectivity index (χ4v) is 1.76. The van der Waals surface area contributed by atoms with Crippen molar-refractivity contribution in [2.75, 3.05) is 39.3 Å². The number of β-amino-alcohol motifs (C(OH)–C–C–N with tert-alkyl or cyclic N) is 1. The van der Waals surface area contributed by atoms with E-state index >= 15 is 0 Å². The molecule has 0 bridgehead atoms. The van der Waals surface area contributed by atoms with Crippen LogP contribution in [-0.2, 0) is 0 Å². The lowest BCUT2D eigenvalue weighted by Crippen LogP contribution is -2.50. The summed E-state index contributed by atoms with van der Waals surface area (Å²) in [5.41, 5.74) is 0. The third-order valence-electron chi connectivity index (χ3n) is 2.39. The highest BCUT2D eigenvalue weighted by Crippen LogP contribution is 2.17. The molecule has 0 spiro atoms. The number of alkyl halides is 3. The smallest absolute Gasteiger partial charge is 0.392 e. The molecule has 0 saturated carbocycles. The lowest BCUT2D eigenvalue weighted by Gasteiger charge is -2.35. The molecule has 6 heteroatoms. The van der Waals surface area contributed by atoms with Crippen LogP contribution < -0.4 is 0 Å². The van der Waals surface area contributed by atoms with E-state index in [-0.39, 0.29) is 0 Å². The van der Waals surface area contributed by atoms with Crippen LogP contribution in [0, 0.1) is 0 Å². The molecule has 1 N–H and O–H groups in total. The van der Waals surface area contributed by atoms with Gasteiger partial charge < -0.3 is 5.11 Å². The molecule has 1 heterocycles. The molecule has 1 fully saturated rings. The fourth-order valence-electron chi connectivity index (χ4n) is 1.76. The van der Waals surface area contributed by atoms with Crippen molar-refractivity contribution in [2.45, 2.75) is 19.2 Å². The molecule has 0 amide bonds. The Bertz CT molecular complexity index is 188. The molecular weight excluding hydrogens is 209 g/mol. The van der Waals surface area contributed by atoms with E-state index in [0.29, 0.717) is 32.7 Å². The summed E-state index contributed by atoms with van der Waals surface area (Å²) in [6.45, 7) is 3.44. The predicted octanol–water partition coefficient (Wildman–Crippen LogP) is 0.547. The fraction of sp³-hybridized carbons (Fsp3) is 1.00. The maximum atomic E-state index is 12.1. The molecule has 0 aromatic rings. The first-order valence-electron chi connectivity index (χ1n) is 5.06. The monoisotopic (exact) mass is 226 g/mol. The van der Waals surface area contributed by atoms with Crippen molar-refractivity contribution in [3.05, 3.63) is 0 Å². The van der Waals surface area contributed by atoms with Crippen LogP contribution in [0.5, 0.6) is 0 Å². The molecule has 1 saturated heterocycles. The lowest BCUT2D eigenvalue weighted by molar-refractivity contribution is -0.149. The molecule has 0 radical (unpaired) electrons. The minimum atomic E-state index is -4.10. The van der Waals surface area contributed by atoms with Crippen molar-refractivity contribution >= 4 is 0 Å². The number of piperazine rings is 1. The van der Waals surface area contributed by atoms with Gasteiger partial charge in [0.2, 0.25) is 0 Å². The largest absolute Gasteiger partial charge is 0.401 e. The van der Waals surface area contributed by atoms with Crippen LogP contribution in [-0.4, -0.2) is 66.5 Å². The molecule has 3 nitrogen and oxygen atoms in total. The van der Waals surface area contributed by atoms with Crippen LogP contribution in [0.4, 0.5) is 13.2 Å². The first kappa shape index (κ1) is 12.7. The normalized spacial score (nSPS) is 23.0. The third kappa shape index (κ3) is 5.34. The number of aliphatic hydroxyl groups is 1. The zero-order chi connectivity index (χ0) is 11.5. The zero-order valence-electron chi connectivity index (χ0n) is 8.80. The minimum absolute atomic E-state index is 0.417. The van der Waals surface area contributed by atoms with Crippen molar-refractivity contribution in [3.63, 3.8) is 0 Å². The molecule has 1 atom stereocenters. The van der Waals surface area contributed by atoms with Crippen LogP contribution >= 0.6 is 0 Å². The van der Waals surface area contributed by atoms with Gasteiger partial charge >= 0.3 is 6.18 Å².